The van der Waals surface area contributed by atoms with Gasteiger partial charge in [-0.2, -0.15) is 0 Å². The van der Waals surface area contributed by atoms with E-state index in [9.17, 15) is 20.1 Å². The van der Waals surface area contributed by atoms with Crippen LogP contribution in [0.25, 0.3) is 0 Å². The monoisotopic (exact) mass is 386 g/mol. The van der Waals surface area contributed by atoms with E-state index < -0.39 is 28.6 Å². The molecule has 2 aliphatic heterocycles. The summed E-state index contributed by atoms with van der Waals surface area (Å²) in [7, 11) is 0. The van der Waals surface area contributed by atoms with Gasteiger partial charge in [-0.05, 0) is 62.6 Å². The molecule has 2 bridgehead atoms. The molecule has 5 N–H and O–H groups in total. The summed E-state index contributed by atoms with van der Waals surface area (Å²) >= 11 is 0. The van der Waals surface area contributed by atoms with Crippen LogP contribution in [-0.2, 0) is 16.6 Å². The van der Waals surface area contributed by atoms with E-state index in [0.29, 0.717) is 30.9 Å². The number of phenols is 1. The average Bonchev–Trinajstić information content (AvgIpc) is 3.39. The average molecular weight is 386 g/mol. The smallest absolute Gasteiger partial charge is 0.327 e. The number of aliphatic hydroxyl groups is 1. The highest BCUT2D eigenvalue weighted by Crippen LogP contribution is 2.66. The Morgan fingerprint density at radius 3 is 2.79 bits per heavy atom. The van der Waals surface area contributed by atoms with Crippen LogP contribution < -0.4 is 10.5 Å². The van der Waals surface area contributed by atoms with Crippen LogP contribution in [0.2, 0.25) is 0 Å². The highest BCUT2D eigenvalue weighted by atomic mass is 16.5. The van der Waals surface area contributed by atoms with E-state index in [4.69, 9.17) is 10.5 Å². The lowest BCUT2D eigenvalue weighted by Crippen LogP contribution is -2.81. The summed E-state index contributed by atoms with van der Waals surface area (Å²) in [5.74, 6) is -0.0731. The summed E-state index contributed by atoms with van der Waals surface area (Å²) in [6.45, 7) is 1.77. The molecule has 1 spiro atoms. The number of nitrogens with two attached hydrogens (primary N) is 1. The number of rotatable bonds is 3. The van der Waals surface area contributed by atoms with Gasteiger partial charge in [-0.1, -0.05) is 6.07 Å². The number of benzene rings is 1. The number of hydrogen-bond acceptors (Lipinski definition) is 6. The minimum Gasteiger partial charge on any atom is -0.504 e. The second-order valence-electron chi connectivity index (χ2n) is 9.60. The van der Waals surface area contributed by atoms with E-state index in [-0.39, 0.29) is 18.2 Å². The van der Waals surface area contributed by atoms with Crippen molar-refractivity contribution in [2.24, 2.45) is 11.7 Å². The van der Waals surface area contributed by atoms with E-state index >= 15 is 0 Å². The molecule has 2 saturated carbocycles. The van der Waals surface area contributed by atoms with Gasteiger partial charge in [-0.15, -0.1) is 0 Å². The number of carboxylic acids is 1. The number of ether oxygens (including phenoxy) is 1. The van der Waals surface area contributed by atoms with E-state index in [0.717, 1.165) is 24.2 Å². The molecule has 150 valence electrons. The minimum absolute atomic E-state index is 0.00327. The summed E-state index contributed by atoms with van der Waals surface area (Å²) in [5, 5.41) is 32.6. The molecule has 5 atom stereocenters. The second kappa shape index (κ2) is 5.01. The maximum atomic E-state index is 12.2. The number of hydrogen-bond donors (Lipinski definition) is 4. The van der Waals surface area contributed by atoms with Gasteiger partial charge in [0.05, 0.1) is 11.0 Å². The Labute approximate surface area is 163 Å². The van der Waals surface area contributed by atoms with E-state index in [1.165, 1.54) is 12.8 Å². The molecule has 2 heterocycles. The van der Waals surface area contributed by atoms with Crippen LogP contribution in [0, 0.1) is 5.92 Å². The predicted octanol–water partition coefficient (Wildman–Crippen LogP) is 0.738. The predicted molar refractivity (Wildman–Crippen MR) is 99.3 cm³/mol. The first kappa shape index (κ1) is 17.1. The Hall–Kier alpha value is -1.83. The van der Waals surface area contributed by atoms with Gasteiger partial charge in [0.2, 0.25) is 0 Å². The van der Waals surface area contributed by atoms with Crippen molar-refractivity contribution < 1.29 is 24.9 Å². The zero-order valence-corrected chi connectivity index (χ0v) is 15.7. The summed E-state index contributed by atoms with van der Waals surface area (Å²) < 4.78 is 6.15. The number of piperidine rings is 1. The van der Waals surface area contributed by atoms with Crippen molar-refractivity contribution in [1.82, 2.24) is 4.90 Å². The first-order valence-electron chi connectivity index (χ1n) is 10.3. The molecule has 5 aliphatic rings. The lowest BCUT2D eigenvalue weighted by Gasteiger charge is -2.65. The summed E-state index contributed by atoms with van der Waals surface area (Å²) in [5.41, 5.74) is 4.71. The standard InChI is InChI=1S/C21H26N2O5/c22-20(18(25)26)5-6-21(27)14-9-12-3-4-13(24)16-15(12)19(21,17(20)28-16)7-8-23(14)10-11-1-2-11/h3-4,11,14,17,24,27H,1-2,5-10,22H2,(H,25,26)/t14-,17-,19+,20-,21-/m1/s1. The van der Waals surface area contributed by atoms with E-state index in [1.54, 1.807) is 6.07 Å². The molecule has 1 saturated heterocycles. The van der Waals surface area contributed by atoms with Crippen LogP contribution >= 0.6 is 0 Å². The van der Waals surface area contributed by atoms with Crippen molar-refractivity contribution in [1.29, 1.82) is 0 Å². The molecule has 3 aliphatic carbocycles. The fourth-order valence-corrected chi connectivity index (χ4v) is 6.77. The SMILES string of the molecule is N[C@]1(C(=O)O)CC[C@@]2(O)[C@H]3Cc4ccc(O)c5c4[C@@]2(CCN3CC2CC2)[C@H]1O5. The number of aromatic hydroxyl groups is 1. The third kappa shape index (κ3) is 1.75. The molecule has 7 nitrogen and oxygen atoms in total. The van der Waals surface area contributed by atoms with Crippen LogP contribution in [0.15, 0.2) is 12.1 Å². The maximum absolute atomic E-state index is 12.2. The Kier molecular flexibility index (Phi) is 3.05. The van der Waals surface area contributed by atoms with Crippen molar-refractivity contribution in [3.63, 3.8) is 0 Å². The molecule has 0 radical (unpaired) electrons. The van der Waals surface area contributed by atoms with Crippen LogP contribution in [0.1, 0.15) is 43.2 Å². The molecule has 7 heteroatoms. The molecule has 0 unspecified atom stereocenters. The maximum Gasteiger partial charge on any atom is 0.327 e. The third-order valence-corrected chi connectivity index (χ3v) is 8.30. The molecule has 3 fully saturated rings. The lowest BCUT2D eigenvalue weighted by molar-refractivity contribution is -0.207. The highest BCUT2D eigenvalue weighted by Gasteiger charge is 2.76. The first-order chi connectivity index (χ1) is 13.3. The molecular weight excluding hydrogens is 360 g/mol. The van der Waals surface area contributed by atoms with Gasteiger partial charge in [-0.3, -0.25) is 9.69 Å². The zero-order chi connectivity index (χ0) is 19.5. The molecule has 1 aromatic rings. The van der Waals surface area contributed by atoms with Gasteiger partial charge < -0.3 is 25.8 Å². The Bertz CT molecular complexity index is 901. The number of nitrogens with zero attached hydrogens (tertiary/aromatic N) is 1. The topological polar surface area (TPSA) is 116 Å². The van der Waals surface area contributed by atoms with Crippen molar-refractivity contribution in [3.05, 3.63) is 23.3 Å². The van der Waals surface area contributed by atoms with Crippen LogP contribution in [0.5, 0.6) is 11.5 Å². The number of carboxylic acid groups (broad SMARTS) is 1. The van der Waals surface area contributed by atoms with Crippen LogP contribution in [0.4, 0.5) is 0 Å². The van der Waals surface area contributed by atoms with Crippen molar-refractivity contribution in [3.8, 4) is 11.5 Å². The van der Waals surface area contributed by atoms with E-state index in [2.05, 4.69) is 4.90 Å². The third-order valence-electron chi connectivity index (χ3n) is 8.30. The zero-order valence-electron chi connectivity index (χ0n) is 15.7. The van der Waals surface area contributed by atoms with Gasteiger partial charge in [-0.25, -0.2) is 0 Å². The van der Waals surface area contributed by atoms with Gasteiger partial charge in [0.1, 0.15) is 6.10 Å². The van der Waals surface area contributed by atoms with Crippen molar-refractivity contribution >= 4 is 5.97 Å². The van der Waals surface area contributed by atoms with Crippen LogP contribution in [-0.4, -0.2) is 62.6 Å². The molecule has 28 heavy (non-hydrogen) atoms. The van der Waals surface area contributed by atoms with Crippen LogP contribution in [0.3, 0.4) is 0 Å². The van der Waals surface area contributed by atoms with Gasteiger partial charge in [0.15, 0.2) is 17.0 Å². The summed E-state index contributed by atoms with van der Waals surface area (Å²) in [6, 6.07) is 3.45. The van der Waals surface area contributed by atoms with Crippen molar-refractivity contribution in [2.45, 2.75) is 67.2 Å². The number of likely N-dealkylation sites (tertiary alicyclic amines) is 1. The normalized spacial score (nSPS) is 43.4. The highest BCUT2D eigenvalue weighted by molar-refractivity contribution is 5.82. The Balaban J connectivity index is 1.58. The fourth-order valence-electron chi connectivity index (χ4n) is 6.77. The minimum atomic E-state index is -1.59. The van der Waals surface area contributed by atoms with E-state index in [1.807, 2.05) is 6.07 Å². The first-order valence-corrected chi connectivity index (χ1v) is 10.3. The Morgan fingerprint density at radius 2 is 2.07 bits per heavy atom. The van der Waals surface area contributed by atoms with Gasteiger partial charge >= 0.3 is 5.97 Å². The molecule has 0 aromatic heterocycles. The van der Waals surface area contributed by atoms with Gasteiger partial charge in [0, 0.05) is 18.2 Å². The number of aliphatic carboxylic acids is 1. The molecular formula is C21H26N2O5. The lowest BCUT2D eigenvalue weighted by atomic mass is 9.46. The molecule has 1 aromatic carbocycles. The largest absolute Gasteiger partial charge is 0.504 e. The summed E-state index contributed by atoms with van der Waals surface area (Å²) in [6.07, 6.45) is 3.38. The second-order valence-corrected chi connectivity index (χ2v) is 9.60. The molecule has 0 amide bonds. The van der Waals surface area contributed by atoms with Crippen molar-refractivity contribution in [2.75, 3.05) is 13.1 Å². The Morgan fingerprint density at radius 1 is 1.29 bits per heavy atom. The number of phenolic OH excluding ortho intramolecular Hbond substituents is 1. The number of carbonyl (C=O) groups is 1. The fraction of sp³-hybridized carbons (Fsp3) is 0.667. The molecule has 6 rings (SSSR count). The quantitative estimate of drug-likeness (QED) is 0.605. The van der Waals surface area contributed by atoms with Gasteiger partial charge in [0.25, 0.3) is 0 Å². The summed E-state index contributed by atoms with van der Waals surface area (Å²) in [4.78, 5) is 14.6.